The van der Waals surface area contributed by atoms with E-state index in [9.17, 15) is 0 Å². The first kappa shape index (κ1) is 10.1. The zero-order valence-corrected chi connectivity index (χ0v) is 9.18. The van der Waals surface area contributed by atoms with Crippen molar-refractivity contribution in [3.8, 4) is 6.07 Å². The number of nitriles is 1. The van der Waals surface area contributed by atoms with E-state index in [1.807, 2.05) is 30.3 Å². The number of para-hydroxylation sites is 1. The van der Waals surface area contributed by atoms with Crippen LogP contribution in [0.4, 0.5) is 5.82 Å². The van der Waals surface area contributed by atoms with E-state index in [0.29, 0.717) is 24.6 Å². The molecule has 2 aromatic rings. The molecule has 3 rings (SSSR count). The molecule has 0 unspecified atom stereocenters. The first-order valence-corrected chi connectivity index (χ1v) is 5.51. The number of nitrogens with one attached hydrogen (secondary N) is 1. The van der Waals surface area contributed by atoms with Gasteiger partial charge < -0.3 is 10.1 Å². The van der Waals surface area contributed by atoms with E-state index >= 15 is 0 Å². The summed E-state index contributed by atoms with van der Waals surface area (Å²) in [7, 11) is 0. The maximum atomic E-state index is 9.12. The molecule has 0 radical (unpaired) electrons. The normalized spacial score (nSPS) is 15.2. The molecule has 4 nitrogen and oxygen atoms in total. The average molecular weight is 225 g/mol. The monoisotopic (exact) mass is 225 g/mol. The van der Waals surface area contributed by atoms with Gasteiger partial charge in [0.1, 0.15) is 11.9 Å². The highest BCUT2D eigenvalue weighted by Crippen LogP contribution is 2.21. The lowest BCUT2D eigenvalue weighted by atomic mass is 10.1. The van der Waals surface area contributed by atoms with Crippen LogP contribution >= 0.6 is 0 Å². The van der Waals surface area contributed by atoms with Crippen molar-refractivity contribution in [2.45, 2.75) is 6.04 Å². The molecule has 0 atom stereocenters. The summed E-state index contributed by atoms with van der Waals surface area (Å²) in [6.45, 7) is 1.36. The Morgan fingerprint density at radius 3 is 2.88 bits per heavy atom. The Morgan fingerprint density at radius 2 is 2.18 bits per heavy atom. The highest BCUT2D eigenvalue weighted by atomic mass is 16.5. The minimum atomic E-state index is 0.274. The third-order valence-electron chi connectivity index (χ3n) is 2.82. The van der Waals surface area contributed by atoms with Gasteiger partial charge in [0.25, 0.3) is 0 Å². The molecule has 1 saturated heterocycles. The summed E-state index contributed by atoms with van der Waals surface area (Å²) in [6, 6.07) is 12.1. The summed E-state index contributed by atoms with van der Waals surface area (Å²) in [5, 5.41) is 13.3. The van der Waals surface area contributed by atoms with Gasteiger partial charge in [-0.1, -0.05) is 18.2 Å². The molecule has 4 heteroatoms. The Bertz CT molecular complexity index is 599. The van der Waals surface area contributed by atoms with Gasteiger partial charge in [-0.2, -0.15) is 5.26 Å². The van der Waals surface area contributed by atoms with Crippen LogP contribution in [0.15, 0.2) is 30.3 Å². The van der Waals surface area contributed by atoms with Crippen LogP contribution in [0.5, 0.6) is 0 Å². The van der Waals surface area contributed by atoms with E-state index < -0.39 is 0 Å². The number of aromatic nitrogens is 1. The van der Waals surface area contributed by atoms with Crippen molar-refractivity contribution >= 4 is 16.7 Å². The molecule has 1 N–H and O–H groups in total. The standard InChI is InChI=1S/C13H11N3O/c14-6-10-5-9-3-1-2-4-12(9)16-13(10)15-11-7-17-8-11/h1-5,11H,7-8H2,(H,15,16). The molecule has 2 heterocycles. The lowest BCUT2D eigenvalue weighted by Gasteiger charge is -2.27. The largest absolute Gasteiger partial charge is 0.377 e. The first-order chi connectivity index (χ1) is 8.36. The van der Waals surface area contributed by atoms with E-state index in [1.54, 1.807) is 0 Å². The van der Waals surface area contributed by atoms with E-state index in [-0.39, 0.29) is 6.04 Å². The number of anilines is 1. The molecular weight excluding hydrogens is 214 g/mol. The lowest BCUT2D eigenvalue weighted by molar-refractivity contribution is 0.0209. The summed E-state index contributed by atoms with van der Waals surface area (Å²) >= 11 is 0. The molecule has 0 aliphatic carbocycles. The van der Waals surface area contributed by atoms with Crippen LogP contribution < -0.4 is 5.32 Å². The molecule has 1 aliphatic rings. The first-order valence-electron chi connectivity index (χ1n) is 5.51. The van der Waals surface area contributed by atoms with Gasteiger partial charge in [-0.25, -0.2) is 4.98 Å². The SMILES string of the molecule is N#Cc1cc2ccccc2nc1NC1COC1. The quantitative estimate of drug-likeness (QED) is 0.848. The van der Waals surface area contributed by atoms with Crippen LogP contribution in [-0.2, 0) is 4.74 Å². The zero-order chi connectivity index (χ0) is 11.7. The van der Waals surface area contributed by atoms with Crippen molar-refractivity contribution < 1.29 is 4.74 Å². The molecule has 0 saturated carbocycles. The zero-order valence-electron chi connectivity index (χ0n) is 9.18. The topological polar surface area (TPSA) is 57.9 Å². The number of pyridine rings is 1. The number of benzene rings is 1. The minimum Gasteiger partial charge on any atom is -0.377 e. The van der Waals surface area contributed by atoms with Crippen molar-refractivity contribution in [3.05, 3.63) is 35.9 Å². The fraction of sp³-hybridized carbons (Fsp3) is 0.231. The molecule has 1 aromatic carbocycles. The number of hydrogen-bond donors (Lipinski definition) is 1. The van der Waals surface area contributed by atoms with Gasteiger partial charge in [-0.05, 0) is 12.1 Å². The Morgan fingerprint density at radius 1 is 1.35 bits per heavy atom. The Hall–Kier alpha value is -2.12. The Labute approximate surface area is 98.8 Å². The Balaban J connectivity index is 2.05. The second-order valence-electron chi connectivity index (χ2n) is 4.07. The van der Waals surface area contributed by atoms with Gasteiger partial charge in [0.15, 0.2) is 0 Å². The van der Waals surface area contributed by atoms with Gasteiger partial charge in [0.2, 0.25) is 0 Å². The molecule has 1 fully saturated rings. The van der Waals surface area contributed by atoms with Crippen LogP contribution in [0.1, 0.15) is 5.56 Å². The summed E-state index contributed by atoms with van der Waals surface area (Å²) in [5.41, 5.74) is 1.48. The summed E-state index contributed by atoms with van der Waals surface area (Å²) in [6.07, 6.45) is 0. The maximum Gasteiger partial charge on any atom is 0.145 e. The van der Waals surface area contributed by atoms with Gasteiger partial charge in [-0.3, -0.25) is 0 Å². The number of rotatable bonds is 2. The van der Waals surface area contributed by atoms with Crippen LogP contribution in [0.2, 0.25) is 0 Å². The highest BCUT2D eigenvalue weighted by molar-refractivity contribution is 5.82. The van der Waals surface area contributed by atoms with Crippen LogP contribution in [0.25, 0.3) is 10.9 Å². The van der Waals surface area contributed by atoms with Gasteiger partial charge in [-0.15, -0.1) is 0 Å². The molecule has 84 valence electrons. The van der Waals surface area contributed by atoms with E-state index in [4.69, 9.17) is 10.00 Å². The number of fused-ring (bicyclic) bond motifs is 1. The fourth-order valence-corrected chi connectivity index (χ4v) is 1.82. The van der Waals surface area contributed by atoms with Crippen LogP contribution in [-0.4, -0.2) is 24.2 Å². The fourth-order valence-electron chi connectivity index (χ4n) is 1.82. The number of hydrogen-bond acceptors (Lipinski definition) is 4. The van der Waals surface area contributed by atoms with E-state index in [1.165, 1.54) is 0 Å². The predicted molar refractivity (Wildman–Crippen MR) is 64.7 cm³/mol. The van der Waals surface area contributed by atoms with Crippen molar-refractivity contribution in [1.29, 1.82) is 5.26 Å². The van der Waals surface area contributed by atoms with Gasteiger partial charge in [0, 0.05) is 5.39 Å². The summed E-state index contributed by atoms with van der Waals surface area (Å²) in [4.78, 5) is 4.48. The maximum absolute atomic E-state index is 9.12. The molecule has 0 spiro atoms. The third-order valence-corrected chi connectivity index (χ3v) is 2.82. The highest BCUT2D eigenvalue weighted by Gasteiger charge is 2.19. The van der Waals surface area contributed by atoms with E-state index in [2.05, 4.69) is 16.4 Å². The molecule has 17 heavy (non-hydrogen) atoms. The average Bonchev–Trinajstić information content (AvgIpc) is 2.32. The van der Waals surface area contributed by atoms with Gasteiger partial charge >= 0.3 is 0 Å². The van der Waals surface area contributed by atoms with Crippen LogP contribution in [0, 0.1) is 11.3 Å². The van der Waals surface area contributed by atoms with Crippen molar-refractivity contribution in [2.24, 2.45) is 0 Å². The molecular formula is C13H11N3O. The molecule has 1 aromatic heterocycles. The third kappa shape index (κ3) is 1.81. The van der Waals surface area contributed by atoms with Gasteiger partial charge in [0.05, 0.1) is 30.3 Å². The molecule has 1 aliphatic heterocycles. The Kier molecular flexibility index (Phi) is 2.39. The minimum absolute atomic E-state index is 0.274. The predicted octanol–water partition coefficient (Wildman–Crippen LogP) is 1.92. The van der Waals surface area contributed by atoms with Crippen molar-refractivity contribution in [1.82, 2.24) is 4.98 Å². The second kappa shape index (κ2) is 4.04. The van der Waals surface area contributed by atoms with E-state index in [0.717, 1.165) is 10.9 Å². The summed E-state index contributed by atoms with van der Waals surface area (Å²) in [5.74, 6) is 0.652. The van der Waals surface area contributed by atoms with Crippen molar-refractivity contribution in [2.75, 3.05) is 18.5 Å². The molecule has 0 amide bonds. The van der Waals surface area contributed by atoms with Crippen LogP contribution in [0.3, 0.4) is 0 Å². The second-order valence-corrected chi connectivity index (χ2v) is 4.07. The van der Waals surface area contributed by atoms with Crippen molar-refractivity contribution in [3.63, 3.8) is 0 Å². The molecule has 0 bridgehead atoms. The lowest BCUT2D eigenvalue weighted by Crippen LogP contribution is -2.40. The number of nitrogens with zero attached hydrogens (tertiary/aromatic N) is 2. The number of ether oxygens (including phenoxy) is 1. The summed E-state index contributed by atoms with van der Waals surface area (Å²) < 4.78 is 5.09. The smallest absolute Gasteiger partial charge is 0.145 e.